The number of aryl methyl sites for hydroxylation is 1. The molecule has 2 aromatic heterocycles. The number of β-lactam (4-membered cyclic amide) rings is 1. The first-order valence-corrected chi connectivity index (χ1v) is 17.1. The first-order valence-electron chi connectivity index (χ1n) is 14.3. The third-order valence-corrected chi connectivity index (χ3v) is 9.69. The van der Waals surface area contributed by atoms with Gasteiger partial charge >= 0.3 is 11.9 Å². The van der Waals surface area contributed by atoms with Crippen molar-refractivity contribution in [1.29, 1.82) is 0 Å². The minimum atomic E-state index is -1.01. The van der Waals surface area contributed by atoms with Gasteiger partial charge in [0.15, 0.2) is 10.8 Å². The lowest BCUT2D eigenvalue weighted by Crippen LogP contribution is -2.71. The van der Waals surface area contributed by atoms with Crippen molar-refractivity contribution in [1.82, 2.24) is 20.2 Å². The van der Waals surface area contributed by atoms with E-state index in [2.05, 4.69) is 25.8 Å². The highest BCUT2D eigenvalue weighted by molar-refractivity contribution is 8.00. The van der Waals surface area contributed by atoms with Gasteiger partial charge in [-0.25, -0.2) is 14.8 Å². The molecule has 0 unspecified atom stereocenters. The first kappa shape index (κ1) is 35.8. The monoisotopic (exact) mass is 704 g/mol. The van der Waals surface area contributed by atoms with E-state index in [0.717, 1.165) is 21.9 Å². The third kappa shape index (κ3) is 8.26. The number of oxime groups is 1. The number of aromatic nitrogens is 2. The van der Waals surface area contributed by atoms with Crippen LogP contribution in [0.15, 0.2) is 33.4 Å². The summed E-state index contributed by atoms with van der Waals surface area (Å²) in [7, 11) is 1.26. The van der Waals surface area contributed by atoms with Crippen molar-refractivity contribution >= 4 is 81.0 Å². The number of anilines is 1. The van der Waals surface area contributed by atoms with Crippen molar-refractivity contribution in [2.24, 2.45) is 16.0 Å². The molecule has 0 aliphatic carbocycles. The Morgan fingerprint density at radius 3 is 2.43 bits per heavy atom. The summed E-state index contributed by atoms with van der Waals surface area (Å²) < 4.78 is 10.4. The summed E-state index contributed by atoms with van der Waals surface area (Å²) in [6.07, 6.45) is 3.53. The number of carbonyl (C=O) groups is 5. The number of rotatable bonds is 10. The van der Waals surface area contributed by atoms with Gasteiger partial charge in [-0.3, -0.25) is 24.1 Å². The van der Waals surface area contributed by atoms with Gasteiger partial charge in [-0.1, -0.05) is 32.0 Å². The maximum Gasteiger partial charge on any atom is 0.358 e. The number of allylic oxidation sites excluding steroid dienone is 1. The van der Waals surface area contributed by atoms with Crippen LogP contribution in [0.4, 0.5) is 5.13 Å². The predicted molar refractivity (Wildman–Crippen MR) is 178 cm³/mol. The Morgan fingerprint density at radius 2 is 1.81 bits per heavy atom. The molecule has 2 aliphatic heterocycles. The summed E-state index contributed by atoms with van der Waals surface area (Å²) in [5.74, 6) is -2.65. The number of ether oxygens (including phenoxy) is 2. The molecule has 2 aromatic rings. The maximum atomic E-state index is 13.5. The minimum absolute atomic E-state index is 0.0148. The van der Waals surface area contributed by atoms with Crippen LogP contribution in [0.1, 0.15) is 57.8 Å². The lowest BCUT2D eigenvalue weighted by molar-refractivity contribution is -0.173. The lowest BCUT2D eigenvalue weighted by Gasteiger charge is -2.49. The second-order valence-electron chi connectivity index (χ2n) is 12.5. The molecular weight excluding hydrogens is 669 g/mol. The molecule has 0 spiro atoms. The van der Waals surface area contributed by atoms with Crippen LogP contribution in [0, 0.1) is 17.8 Å². The molecule has 2 atom stereocenters. The predicted octanol–water partition coefficient (Wildman–Crippen LogP) is 3.70. The summed E-state index contributed by atoms with van der Waals surface area (Å²) in [6, 6.07) is -1.01. The fourth-order valence-electron chi connectivity index (χ4n) is 4.06. The van der Waals surface area contributed by atoms with Gasteiger partial charge in [0.1, 0.15) is 29.9 Å². The smallest absolute Gasteiger partial charge is 0.358 e. The van der Waals surface area contributed by atoms with Crippen LogP contribution in [0.3, 0.4) is 0 Å². The van der Waals surface area contributed by atoms with Gasteiger partial charge in [0.25, 0.3) is 11.8 Å². The van der Waals surface area contributed by atoms with Gasteiger partial charge < -0.3 is 24.9 Å². The molecule has 47 heavy (non-hydrogen) atoms. The molecule has 1 fully saturated rings. The van der Waals surface area contributed by atoms with Crippen LogP contribution in [-0.2, 0) is 38.3 Å². The maximum absolute atomic E-state index is 13.5. The molecule has 1 saturated heterocycles. The summed E-state index contributed by atoms with van der Waals surface area (Å²) in [5.41, 5.74) is 1.49. The van der Waals surface area contributed by atoms with Crippen molar-refractivity contribution < 1.29 is 38.3 Å². The highest BCUT2D eigenvalue weighted by Crippen LogP contribution is 2.41. The fraction of sp³-hybridized carbons (Fsp3) is 0.467. The average molecular weight is 705 g/mol. The molecule has 3 amide bonds. The van der Waals surface area contributed by atoms with E-state index in [0.29, 0.717) is 11.3 Å². The van der Waals surface area contributed by atoms with Crippen LogP contribution < -0.4 is 10.6 Å². The van der Waals surface area contributed by atoms with E-state index in [1.54, 1.807) is 59.2 Å². The number of amides is 3. The molecule has 0 aromatic carbocycles. The molecule has 0 radical (unpaired) electrons. The van der Waals surface area contributed by atoms with Crippen LogP contribution in [0.25, 0.3) is 6.08 Å². The molecule has 252 valence electrons. The van der Waals surface area contributed by atoms with Crippen LogP contribution in [0.2, 0.25) is 0 Å². The molecule has 0 saturated carbocycles. The van der Waals surface area contributed by atoms with Crippen molar-refractivity contribution in [3.05, 3.63) is 44.5 Å². The van der Waals surface area contributed by atoms with Crippen molar-refractivity contribution in [2.45, 2.75) is 59.9 Å². The second-order valence-corrected chi connectivity index (χ2v) is 15.3. The number of fused-ring (bicyclic) bond motifs is 1. The number of esters is 2. The Bertz CT molecular complexity index is 1660. The van der Waals surface area contributed by atoms with Gasteiger partial charge in [-0.05, 0) is 39.3 Å². The summed E-state index contributed by atoms with van der Waals surface area (Å²) in [6.45, 7) is 11.5. The van der Waals surface area contributed by atoms with Gasteiger partial charge in [0.05, 0.1) is 16.6 Å². The van der Waals surface area contributed by atoms with E-state index in [9.17, 15) is 24.0 Å². The van der Waals surface area contributed by atoms with E-state index in [1.165, 1.54) is 40.5 Å². The highest BCUT2D eigenvalue weighted by Gasteiger charge is 2.54. The second kappa shape index (κ2) is 14.4. The van der Waals surface area contributed by atoms with Crippen LogP contribution in [0.5, 0.6) is 0 Å². The molecule has 4 heterocycles. The zero-order chi connectivity index (χ0) is 34.7. The zero-order valence-corrected chi connectivity index (χ0v) is 29.6. The van der Waals surface area contributed by atoms with Crippen molar-refractivity contribution in [3.63, 3.8) is 0 Å². The zero-order valence-electron chi connectivity index (χ0n) is 27.2. The normalized spacial score (nSPS) is 18.4. The van der Waals surface area contributed by atoms with Crippen molar-refractivity contribution in [3.8, 4) is 0 Å². The third-order valence-electron chi connectivity index (χ3n) is 6.73. The van der Waals surface area contributed by atoms with Gasteiger partial charge in [0.2, 0.25) is 12.7 Å². The van der Waals surface area contributed by atoms with Crippen LogP contribution >= 0.6 is 34.4 Å². The van der Waals surface area contributed by atoms with Gasteiger partial charge in [0, 0.05) is 21.4 Å². The van der Waals surface area contributed by atoms with E-state index in [4.69, 9.17) is 14.3 Å². The molecule has 2 N–H and O–H groups in total. The number of nitrogens with one attached hydrogen (secondary N) is 2. The van der Waals surface area contributed by atoms with Gasteiger partial charge in [-0.2, -0.15) is 0 Å². The largest absolute Gasteiger partial charge is 0.427 e. The van der Waals surface area contributed by atoms with E-state index in [-0.39, 0.29) is 28.1 Å². The number of thioether (sulfide) groups is 1. The number of hydrogen-bond acceptors (Lipinski definition) is 14. The van der Waals surface area contributed by atoms with Gasteiger partial charge in [-0.15, -0.1) is 34.4 Å². The SMILES string of the molecule is CO/N=C(\C(=O)N[C@@H]1C(=O)N2C(C(=O)OCOC(=O)C(C)(C)C)=C(/C=C\c3scnc3C)CS[C@H]12)c1csc(NC(=O)C(C)(C)C)n1. The number of hydrogen-bond donors (Lipinski definition) is 2. The quantitative estimate of drug-likeness (QED) is 0.121. The Morgan fingerprint density at radius 1 is 1.09 bits per heavy atom. The van der Waals surface area contributed by atoms with Crippen LogP contribution in [-0.4, -0.2) is 81.3 Å². The number of thiazole rings is 2. The first-order chi connectivity index (χ1) is 22.0. The molecule has 2 aliphatic rings. The molecular formula is C30H36N6O8S3. The number of carbonyl (C=O) groups excluding carboxylic acids is 5. The Balaban J connectivity index is 1.53. The topological polar surface area (TPSA) is 178 Å². The van der Waals surface area contributed by atoms with Crippen molar-refractivity contribution in [2.75, 3.05) is 25.0 Å². The standard InChI is InChI=1S/C30H36N6O8S3/c1-15-18(47-13-31-15)10-9-16-11-45-24-20(23(38)36(24)21(16)25(39)43-14-44-27(41)30(5,6)7)33-22(37)19(35-42-8)17-12-46-28(32-17)34-26(40)29(2,3)4/h9-10,12-13,20,24H,11,14H2,1-8H3,(H,33,37)(H,32,34,40)/b10-9-,35-19-/t20-,24-/m1/s1. The summed E-state index contributed by atoms with van der Waals surface area (Å²) >= 11 is 3.88. The lowest BCUT2D eigenvalue weighted by atomic mass is 9.96. The number of nitrogens with zero attached hydrogens (tertiary/aromatic N) is 4. The van der Waals surface area contributed by atoms with E-state index >= 15 is 0 Å². The highest BCUT2D eigenvalue weighted by atomic mass is 32.2. The Hall–Kier alpha value is -4.09. The minimum Gasteiger partial charge on any atom is -0.427 e. The fourth-order valence-corrected chi connectivity index (χ4v) is 6.76. The molecule has 4 rings (SSSR count). The van der Waals surface area contributed by atoms with E-state index in [1.807, 2.05) is 6.92 Å². The molecule has 14 nitrogen and oxygen atoms in total. The average Bonchev–Trinajstić information content (AvgIpc) is 3.63. The Labute approximate surface area is 284 Å². The summed E-state index contributed by atoms with van der Waals surface area (Å²) in [4.78, 5) is 80.4. The molecule has 0 bridgehead atoms. The molecule has 17 heteroatoms. The Kier molecular flexibility index (Phi) is 10.9. The summed E-state index contributed by atoms with van der Waals surface area (Å²) in [5, 5.41) is 10.4. The van der Waals surface area contributed by atoms with E-state index < -0.39 is 52.8 Å².